The molecule has 4 aromatic rings. The molecule has 6 nitrogen and oxygen atoms in total. The van der Waals surface area contributed by atoms with E-state index in [1.807, 2.05) is 30.3 Å². The molecular formula is C24H20F2N4O2. The van der Waals surface area contributed by atoms with Gasteiger partial charge in [-0.3, -0.25) is 9.59 Å². The van der Waals surface area contributed by atoms with Crippen LogP contribution in [0.15, 0.2) is 77.9 Å². The van der Waals surface area contributed by atoms with Gasteiger partial charge < -0.3 is 9.88 Å². The van der Waals surface area contributed by atoms with Crippen molar-refractivity contribution in [2.75, 3.05) is 5.32 Å². The summed E-state index contributed by atoms with van der Waals surface area (Å²) < 4.78 is 30.4. The topological polar surface area (TPSA) is 68.9 Å². The predicted molar refractivity (Wildman–Crippen MR) is 117 cm³/mol. The Morgan fingerprint density at radius 1 is 1.03 bits per heavy atom. The highest BCUT2D eigenvalue weighted by molar-refractivity contribution is 6.03. The maximum atomic E-state index is 14.1. The molecule has 4 rings (SSSR count). The first kappa shape index (κ1) is 21.2. The van der Waals surface area contributed by atoms with Gasteiger partial charge in [0.05, 0.1) is 19.3 Å². The number of carbonyl (C=O) groups excluding carboxylic acids is 1. The molecule has 0 saturated carbocycles. The Balaban J connectivity index is 1.59. The number of nitrogens with one attached hydrogen (secondary N) is 1. The molecular weight excluding hydrogens is 414 g/mol. The number of anilines is 1. The fourth-order valence-electron chi connectivity index (χ4n) is 3.38. The quantitative estimate of drug-likeness (QED) is 0.499. The molecule has 2 aromatic carbocycles. The van der Waals surface area contributed by atoms with Gasteiger partial charge in [0.2, 0.25) is 0 Å². The molecule has 0 aliphatic carbocycles. The molecule has 0 radical (unpaired) electrons. The van der Waals surface area contributed by atoms with Crippen molar-refractivity contribution in [2.45, 2.75) is 20.0 Å². The number of hydrogen-bond acceptors (Lipinski definition) is 3. The first-order valence-corrected chi connectivity index (χ1v) is 9.93. The molecule has 0 bridgehead atoms. The van der Waals surface area contributed by atoms with Crippen LogP contribution in [-0.4, -0.2) is 20.3 Å². The Hall–Kier alpha value is -4.07. The van der Waals surface area contributed by atoms with Gasteiger partial charge in [0, 0.05) is 17.3 Å². The molecule has 2 heterocycles. The third-order valence-corrected chi connectivity index (χ3v) is 5.04. The second-order valence-electron chi connectivity index (χ2n) is 7.36. The molecule has 2 aromatic heterocycles. The van der Waals surface area contributed by atoms with E-state index < -0.39 is 23.1 Å². The number of amides is 1. The van der Waals surface area contributed by atoms with Crippen LogP contribution in [0.5, 0.6) is 0 Å². The van der Waals surface area contributed by atoms with Gasteiger partial charge in [0.1, 0.15) is 23.0 Å². The van der Waals surface area contributed by atoms with E-state index in [4.69, 9.17) is 0 Å². The van der Waals surface area contributed by atoms with Crippen molar-refractivity contribution in [3.63, 3.8) is 0 Å². The third kappa shape index (κ3) is 4.49. The Labute approximate surface area is 182 Å². The zero-order chi connectivity index (χ0) is 22.7. The van der Waals surface area contributed by atoms with Gasteiger partial charge in [0.25, 0.3) is 11.5 Å². The smallest absolute Gasteiger partial charge is 0.263 e. The Bertz CT molecular complexity index is 1330. The molecule has 0 fully saturated rings. The van der Waals surface area contributed by atoms with Gasteiger partial charge in [0.15, 0.2) is 0 Å². The number of halogens is 2. The monoisotopic (exact) mass is 434 g/mol. The van der Waals surface area contributed by atoms with Crippen molar-refractivity contribution in [3.8, 4) is 0 Å². The largest absolute Gasteiger partial charge is 0.310 e. The lowest BCUT2D eigenvalue weighted by atomic mass is 10.2. The predicted octanol–water partition coefficient (Wildman–Crippen LogP) is 3.98. The molecule has 0 spiro atoms. The molecule has 0 aliphatic rings. The summed E-state index contributed by atoms with van der Waals surface area (Å²) in [7, 11) is 0. The molecule has 32 heavy (non-hydrogen) atoms. The normalized spacial score (nSPS) is 10.8. The molecule has 162 valence electrons. The SMILES string of the molecule is Cc1cnn(Cc2cc(F)ccc2F)c1NC(=O)c1cccn(Cc2ccccc2)c1=O. The first-order valence-electron chi connectivity index (χ1n) is 9.93. The number of carbonyl (C=O) groups is 1. The van der Waals surface area contributed by atoms with Gasteiger partial charge in [-0.25, -0.2) is 13.5 Å². The lowest BCUT2D eigenvalue weighted by molar-refractivity contribution is 0.102. The summed E-state index contributed by atoms with van der Waals surface area (Å²) in [6, 6.07) is 15.7. The summed E-state index contributed by atoms with van der Waals surface area (Å²) in [5.74, 6) is -1.46. The van der Waals surface area contributed by atoms with E-state index in [9.17, 15) is 18.4 Å². The number of rotatable bonds is 6. The van der Waals surface area contributed by atoms with Gasteiger partial charge in [-0.2, -0.15) is 5.10 Å². The summed E-state index contributed by atoms with van der Waals surface area (Å²) in [6.07, 6.45) is 3.12. The fourth-order valence-corrected chi connectivity index (χ4v) is 3.38. The van der Waals surface area contributed by atoms with E-state index in [1.165, 1.54) is 21.5 Å². The van der Waals surface area contributed by atoms with Crippen LogP contribution in [0, 0.1) is 18.6 Å². The maximum Gasteiger partial charge on any atom is 0.263 e. The highest BCUT2D eigenvalue weighted by atomic mass is 19.1. The summed E-state index contributed by atoms with van der Waals surface area (Å²) in [5.41, 5.74) is 1.17. The highest BCUT2D eigenvalue weighted by Gasteiger charge is 2.17. The van der Waals surface area contributed by atoms with E-state index in [-0.39, 0.29) is 17.7 Å². The Kier molecular flexibility index (Phi) is 5.93. The van der Waals surface area contributed by atoms with Crippen molar-refractivity contribution in [1.82, 2.24) is 14.3 Å². The molecule has 8 heteroatoms. The van der Waals surface area contributed by atoms with E-state index >= 15 is 0 Å². The molecule has 1 N–H and O–H groups in total. The summed E-state index contributed by atoms with van der Waals surface area (Å²) >= 11 is 0. The van der Waals surface area contributed by atoms with Crippen LogP contribution in [0.3, 0.4) is 0 Å². The number of benzene rings is 2. The number of aryl methyl sites for hydroxylation is 1. The highest BCUT2D eigenvalue weighted by Crippen LogP contribution is 2.19. The molecule has 0 atom stereocenters. The van der Waals surface area contributed by atoms with E-state index in [2.05, 4.69) is 10.4 Å². The van der Waals surface area contributed by atoms with Gasteiger partial charge in [-0.15, -0.1) is 0 Å². The number of hydrogen-bond donors (Lipinski definition) is 1. The van der Waals surface area contributed by atoms with Crippen molar-refractivity contribution in [1.29, 1.82) is 0 Å². The molecule has 0 unspecified atom stereocenters. The summed E-state index contributed by atoms with van der Waals surface area (Å²) in [4.78, 5) is 25.8. The second kappa shape index (κ2) is 8.97. The van der Waals surface area contributed by atoms with Gasteiger partial charge >= 0.3 is 0 Å². The van der Waals surface area contributed by atoms with E-state index in [0.29, 0.717) is 17.9 Å². The van der Waals surface area contributed by atoms with Crippen LogP contribution in [0.2, 0.25) is 0 Å². The van der Waals surface area contributed by atoms with Crippen molar-refractivity contribution in [3.05, 3.63) is 117 Å². The fraction of sp³-hybridized carbons (Fsp3) is 0.125. The van der Waals surface area contributed by atoms with Crippen molar-refractivity contribution < 1.29 is 13.6 Å². The van der Waals surface area contributed by atoms with Crippen LogP contribution in [0.1, 0.15) is 27.0 Å². The minimum atomic E-state index is -0.609. The summed E-state index contributed by atoms with van der Waals surface area (Å²) in [5, 5.41) is 6.85. The van der Waals surface area contributed by atoms with Crippen LogP contribution in [0.25, 0.3) is 0 Å². The summed E-state index contributed by atoms with van der Waals surface area (Å²) in [6.45, 7) is 1.97. The Morgan fingerprint density at radius 2 is 1.81 bits per heavy atom. The van der Waals surface area contributed by atoms with Gasteiger partial charge in [-0.05, 0) is 42.8 Å². The average molecular weight is 434 g/mol. The minimum Gasteiger partial charge on any atom is -0.310 e. The van der Waals surface area contributed by atoms with Crippen molar-refractivity contribution >= 4 is 11.7 Å². The number of nitrogens with zero attached hydrogens (tertiary/aromatic N) is 3. The lowest BCUT2D eigenvalue weighted by Crippen LogP contribution is -2.29. The average Bonchev–Trinajstić information content (AvgIpc) is 3.12. The van der Waals surface area contributed by atoms with Crippen molar-refractivity contribution in [2.24, 2.45) is 0 Å². The van der Waals surface area contributed by atoms with Gasteiger partial charge in [-0.1, -0.05) is 30.3 Å². The third-order valence-electron chi connectivity index (χ3n) is 5.04. The minimum absolute atomic E-state index is 0.0347. The Morgan fingerprint density at radius 3 is 2.59 bits per heavy atom. The van der Waals surface area contributed by atoms with Crippen LogP contribution < -0.4 is 10.9 Å². The number of pyridine rings is 1. The first-order chi connectivity index (χ1) is 15.4. The molecule has 0 saturated heterocycles. The van der Waals surface area contributed by atoms with Crippen LogP contribution in [-0.2, 0) is 13.1 Å². The molecule has 0 aliphatic heterocycles. The second-order valence-corrected chi connectivity index (χ2v) is 7.36. The lowest BCUT2D eigenvalue weighted by Gasteiger charge is -2.12. The maximum absolute atomic E-state index is 14.1. The zero-order valence-electron chi connectivity index (χ0n) is 17.3. The van der Waals surface area contributed by atoms with E-state index in [1.54, 1.807) is 19.2 Å². The standard InChI is InChI=1S/C24H20F2N4O2/c1-16-13-27-30(15-18-12-19(25)9-10-21(18)26)22(16)28-23(31)20-8-5-11-29(24(20)32)14-17-6-3-2-4-7-17/h2-13H,14-15H2,1H3,(H,28,31). The number of aromatic nitrogens is 3. The van der Waals surface area contributed by atoms with Crippen LogP contribution >= 0.6 is 0 Å². The van der Waals surface area contributed by atoms with E-state index in [0.717, 1.165) is 23.8 Å². The zero-order valence-corrected chi connectivity index (χ0v) is 17.3. The van der Waals surface area contributed by atoms with Crippen LogP contribution in [0.4, 0.5) is 14.6 Å². The molecule has 1 amide bonds.